The minimum absolute atomic E-state index is 0.0576. The van der Waals surface area contributed by atoms with Gasteiger partial charge >= 0.3 is 5.97 Å². The van der Waals surface area contributed by atoms with Crippen molar-refractivity contribution < 1.29 is 23.8 Å². The standard InChI is InChI=1S/C27H22O6/c1-15(2)32-19-9-5-16(6-10-19)21-13-24(29)33-23-12-11-20-26(30)22(14-31-27(20)25(21)23)17-3-7-18(28)8-4-17/h3-12,14-15,21,28H,13H2,1-2H3/t21-/m1/s1. The Hall–Kier alpha value is -4.06. The van der Waals surface area contributed by atoms with Gasteiger partial charge in [0.1, 0.15) is 29.1 Å². The van der Waals surface area contributed by atoms with Crippen LogP contribution in [0.5, 0.6) is 17.2 Å². The second-order valence-electron chi connectivity index (χ2n) is 8.35. The van der Waals surface area contributed by atoms with Gasteiger partial charge in [-0.3, -0.25) is 9.59 Å². The molecule has 6 nitrogen and oxygen atoms in total. The number of phenolic OH excluding ortho intramolecular Hbond substituents is 1. The largest absolute Gasteiger partial charge is 0.508 e. The van der Waals surface area contributed by atoms with E-state index < -0.39 is 0 Å². The molecule has 5 rings (SSSR count). The highest BCUT2D eigenvalue weighted by Crippen LogP contribution is 2.43. The van der Waals surface area contributed by atoms with Crippen molar-refractivity contribution >= 4 is 16.9 Å². The Kier molecular flexibility index (Phi) is 5.13. The number of aromatic hydroxyl groups is 1. The molecule has 1 aliphatic heterocycles. The molecule has 6 heteroatoms. The summed E-state index contributed by atoms with van der Waals surface area (Å²) < 4.78 is 17.2. The molecule has 166 valence electrons. The van der Waals surface area contributed by atoms with Crippen LogP contribution >= 0.6 is 0 Å². The van der Waals surface area contributed by atoms with Crippen LogP contribution < -0.4 is 14.9 Å². The lowest BCUT2D eigenvalue weighted by atomic mass is 9.85. The smallest absolute Gasteiger partial charge is 0.312 e. The van der Waals surface area contributed by atoms with E-state index in [9.17, 15) is 14.7 Å². The van der Waals surface area contributed by atoms with Crippen LogP contribution in [0.2, 0.25) is 0 Å². The molecule has 0 saturated carbocycles. The molecule has 4 aromatic rings. The maximum atomic E-state index is 13.3. The van der Waals surface area contributed by atoms with Crippen molar-refractivity contribution in [1.82, 2.24) is 0 Å². The van der Waals surface area contributed by atoms with E-state index >= 15 is 0 Å². The van der Waals surface area contributed by atoms with Crippen LogP contribution in [0.4, 0.5) is 0 Å². The summed E-state index contributed by atoms with van der Waals surface area (Å²) in [6.45, 7) is 3.92. The fourth-order valence-electron chi connectivity index (χ4n) is 4.23. The number of hydrogen-bond donors (Lipinski definition) is 1. The van der Waals surface area contributed by atoms with Gasteiger partial charge in [0.2, 0.25) is 5.43 Å². The summed E-state index contributed by atoms with van der Waals surface area (Å²) in [4.78, 5) is 25.6. The number of carbonyl (C=O) groups is 1. The van der Waals surface area contributed by atoms with Crippen LogP contribution in [0, 0.1) is 0 Å². The molecule has 3 aromatic carbocycles. The minimum Gasteiger partial charge on any atom is -0.508 e. The molecule has 1 aliphatic rings. The van der Waals surface area contributed by atoms with Crippen LogP contribution in [-0.2, 0) is 4.79 Å². The van der Waals surface area contributed by atoms with E-state index in [0.29, 0.717) is 33.4 Å². The first-order chi connectivity index (χ1) is 15.9. The molecule has 0 radical (unpaired) electrons. The molecule has 1 aromatic heterocycles. The summed E-state index contributed by atoms with van der Waals surface area (Å²) in [6, 6.07) is 17.2. The second kappa shape index (κ2) is 8.13. The van der Waals surface area contributed by atoms with Crippen molar-refractivity contribution in [2.24, 2.45) is 0 Å². The molecule has 0 unspecified atom stereocenters. The molecule has 0 amide bonds. The lowest BCUT2D eigenvalue weighted by Crippen LogP contribution is -2.22. The van der Waals surface area contributed by atoms with Gasteiger partial charge in [0.25, 0.3) is 0 Å². The normalized spacial score (nSPS) is 15.4. The predicted molar refractivity (Wildman–Crippen MR) is 124 cm³/mol. The number of fused-ring (bicyclic) bond motifs is 3. The first-order valence-corrected chi connectivity index (χ1v) is 10.8. The van der Waals surface area contributed by atoms with Crippen LogP contribution in [-0.4, -0.2) is 17.2 Å². The Bertz CT molecular complexity index is 1400. The lowest BCUT2D eigenvalue weighted by molar-refractivity contribution is -0.135. The molecule has 0 aliphatic carbocycles. The van der Waals surface area contributed by atoms with E-state index in [1.54, 1.807) is 24.3 Å². The topological polar surface area (TPSA) is 86.0 Å². The molecule has 0 bridgehead atoms. The van der Waals surface area contributed by atoms with Gasteiger partial charge in [0.15, 0.2) is 0 Å². The molecule has 33 heavy (non-hydrogen) atoms. The van der Waals surface area contributed by atoms with E-state index in [4.69, 9.17) is 13.9 Å². The highest BCUT2D eigenvalue weighted by molar-refractivity contribution is 5.90. The Morgan fingerprint density at radius 1 is 0.970 bits per heavy atom. The SMILES string of the molecule is CC(C)Oc1ccc([C@H]2CC(=O)Oc3ccc4c(=O)c(-c5ccc(O)cc5)coc4c32)cc1. The average molecular weight is 442 g/mol. The molecular formula is C27H22O6. The van der Waals surface area contributed by atoms with Gasteiger partial charge in [-0.05, 0) is 61.4 Å². The molecule has 2 heterocycles. The van der Waals surface area contributed by atoms with E-state index in [-0.39, 0.29) is 35.6 Å². The first kappa shape index (κ1) is 20.8. The fourth-order valence-corrected chi connectivity index (χ4v) is 4.23. The monoisotopic (exact) mass is 442 g/mol. The van der Waals surface area contributed by atoms with Crippen molar-refractivity contribution in [2.45, 2.75) is 32.3 Å². The Morgan fingerprint density at radius 3 is 2.39 bits per heavy atom. The van der Waals surface area contributed by atoms with Crippen LogP contribution in [0.15, 0.2) is 76.1 Å². The van der Waals surface area contributed by atoms with Gasteiger partial charge in [-0.1, -0.05) is 24.3 Å². The zero-order valence-corrected chi connectivity index (χ0v) is 18.2. The summed E-state index contributed by atoms with van der Waals surface area (Å²) in [6.07, 6.45) is 1.62. The van der Waals surface area contributed by atoms with Gasteiger partial charge in [0, 0.05) is 11.5 Å². The van der Waals surface area contributed by atoms with Crippen LogP contribution in [0.25, 0.3) is 22.1 Å². The van der Waals surface area contributed by atoms with Crippen molar-refractivity contribution in [3.8, 4) is 28.4 Å². The third-order valence-corrected chi connectivity index (χ3v) is 5.72. The predicted octanol–water partition coefficient (Wildman–Crippen LogP) is 5.39. The van der Waals surface area contributed by atoms with Crippen molar-refractivity contribution in [1.29, 1.82) is 0 Å². The summed E-state index contributed by atoms with van der Waals surface area (Å²) in [7, 11) is 0. The van der Waals surface area contributed by atoms with E-state index in [2.05, 4.69) is 0 Å². The first-order valence-electron chi connectivity index (χ1n) is 10.8. The Labute approximate surface area is 190 Å². The van der Waals surface area contributed by atoms with Gasteiger partial charge in [-0.15, -0.1) is 0 Å². The number of rotatable bonds is 4. The van der Waals surface area contributed by atoms with Crippen molar-refractivity contribution in [3.63, 3.8) is 0 Å². The van der Waals surface area contributed by atoms with E-state index in [0.717, 1.165) is 11.3 Å². The van der Waals surface area contributed by atoms with Gasteiger partial charge < -0.3 is 19.0 Å². The fraction of sp³-hybridized carbons (Fsp3) is 0.185. The van der Waals surface area contributed by atoms with E-state index in [1.165, 1.54) is 18.4 Å². The molecule has 1 N–H and O–H groups in total. The quantitative estimate of drug-likeness (QED) is 0.337. The number of ether oxygens (including phenoxy) is 2. The zero-order valence-electron chi connectivity index (χ0n) is 18.2. The third-order valence-electron chi connectivity index (χ3n) is 5.72. The number of benzene rings is 3. The highest BCUT2D eigenvalue weighted by atomic mass is 16.5. The molecule has 1 atom stereocenters. The van der Waals surface area contributed by atoms with Gasteiger partial charge in [-0.2, -0.15) is 0 Å². The molecule has 0 spiro atoms. The highest BCUT2D eigenvalue weighted by Gasteiger charge is 2.32. The second-order valence-corrected chi connectivity index (χ2v) is 8.35. The van der Waals surface area contributed by atoms with Gasteiger partial charge in [0.05, 0.1) is 23.5 Å². The van der Waals surface area contributed by atoms with Gasteiger partial charge in [-0.25, -0.2) is 0 Å². The maximum Gasteiger partial charge on any atom is 0.312 e. The average Bonchev–Trinajstić information content (AvgIpc) is 2.79. The number of phenols is 1. The molecule has 0 saturated heterocycles. The summed E-state index contributed by atoms with van der Waals surface area (Å²) in [5.41, 5.74) is 2.83. The van der Waals surface area contributed by atoms with Crippen LogP contribution in [0.3, 0.4) is 0 Å². The summed E-state index contributed by atoms with van der Waals surface area (Å²) >= 11 is 0. The minimum atomic E-state index is -0.336. The Balaban J connectivity index is 1.64. The van der Waals surface area contributed by atoms with Crippen molar-refractivity contribution in [3.05, 3.63) is 88.3 Å². The number of carbonyl (C=O) groups excluding carboxylic acids is 1. The molecular weight excluding hydrogens is 420 g/mol. The Morgan fingerprint density at radius 2 is 1.70 bits per heavy atom. The maximum absolute atomic E-state index is 13.3. The lowest BCUT2D eigenvalue weighted by Gasteiger charge is -2.25. The van der Waals surface area contributed by atoms with Crippen molar-refractivity contribution in [2.75, 3.05) is 0 Å². The summed E-state index contributed by atoms with van der Waals surface area (Å²) in [5.74, 6) is 0.604. The van der Waals surface area contributed by atoms with E-state index in [1.807, 2.05) is 38.1 Å². The number of esters is 1. The third kappa shape index (κ3) is 3.84. The number of hydrogen-bond acceptors (Lipinski definition) is 6. The van der Waals surface area contributed by atoms with Crippen LogP contribution in [0.1, 0.15) is 37.3 Å². The zero-order chi connectivity index (χ0) is 23.1. The molecule has 0 fully saturated rings. The summed E-state index contributed by atoms with van der Waals surface area (Å²) in [5, 5.41) is 9.95.